The molecule has 0 unspecified atom stereocenters. The van der Waals surface area contributed by atoms with Gasteiger partial charge in [0.1, 0.15) is 11.5 Å². The van der Waals surface area contributed by atoms with Gasteiger partial charge < -0.3 is 5.73 Å². The first kappa shape index (κ1) is 8.84. The second-order valence-corrected chi connectivity index (χ2v) is 3.38. The molecule has 3 heterocycles. The monoisotopic (exact) mass is 211 g/mol. The average molecular weight is 211 g/mol. The third-order valence-electron chi connectivity index (χ3n) is 2.35. The molecule has 0 bridgehead atoms. The molecule has 0 aliphatic heterocycles. The zero-order valence-electron chi connectivity index (χ0n) is 8.41. The first-order valence-corrected chi connectivity index (χ1v) is 4.87. The molecule has 78 valence electrons. The van der Waals surface area contributed by atoms with Crippen LogP contribution < -0.4 is 5.73 Å². The van der Waals surface area contributed by atoms with Crippen LogP contribution in [-0.2, 0) is 0 Å². The molecule has 0 radical (unpaired) electrons. The van der Waals surface area contributed by atoms with E-state index in [9.17, 15) is 0 Å². The molecule has 0 aliphatic carbocycles. The number of pyridine rings is 2. The van der Waals surface area contributed by atoms with Crippen LogP contribution in [0.5, 0.6) is 0 Å². The van der Waals surface area contributed by atoms with Crippen molar-refractivity contribution in [3.8, 4) is 11.5 Å². The zero-order valence-corrected chi connectivity index (χ0v) is 8.41. The van der Waals surface area contributed by atoms with Gasteiger partial charge in [-0.1, -0.05) is 12.1 Å². The largest absolute Gasteiger partial charge is 0.385 e. The van der Waals surface area contributed by atoms with Crippen molar-refractivity contribution in [3.05, 3.63) is 42.6 Å². The first-order valence-electron chi connectivity index (χ1n) is 4.87. The number of nitrogens with zero attached hydrogens (tertiary/aromatic N) is 4. The summed E-state index contributed by atoms with van der Waals surface area (Å²) in [6.07, 6.45) is 1.72. The fraction of sp³-hybridized carbons (Fsp3) is 0. The Balaban J connectivity index is 2.33. The van der Waals surface area contributed by atoms with E-state index in [1.54, 1.807) is 10.6 Å². The van der Waals surface area contributed by atoms with Gasteiger partial charge in [0.05, 0.1) is 0 Å². The van der Waals surface area contributed by atoms with Crippen molar-refractivity contribution in [1.29, 1.82) is 0 Å². The molecule has 0 aromatic carbocycles. The Morgan fingerprint density at radius 1 is 1.00 bits per heavy atom. The number of hydrogen-bond acceptors (Lipinski definition) is 4. The van der Waals surface area contributed by atoms with E-state index in [2.05, 4.69) is 15.2 Å². The van der Waals surface area contributed by atoms with E-state index >= 15 is 0 Å². The van der Waals surface area contributed by atoms with E-state index in [-0.39, 0.29) is 0 Å². The molecule has 0 atom stereocenters. The number of hydrogen-bond donors (Lipinski definition) is 1. The van der Waals surface area contributed by atoms with E-state index < -0.39 is 0 Å². The molecule has 0 fully saturated rings. The van der Waals surface area contributed by atoms with Crippen molar-refractivity contribution in [1.82, 2.24) is 19.6 Å². The lowest BCUT2D eigenvalue weighted by molar-refractivity contribution is 1.09. The molecule has 3 rings (SSSR count). The van der Waals surface area contributed by atoms with Crippen LogP contribution in [0.1, 0.15) is 0 Å². The van der Waals surface area contributed by atoms with Crippen molar-refractivity contribution < 1.29 is 0 Å². The highest BCUT2D eigenvalue weighted by molar-refractivity contribution is 5.59. The summed E-state index contributed by atoms with van der Waals surface area (Å²) in [6.45, 7) is 0. The maximum Gasteiger partial charge on any atom is 0.188 e. The van der Waals surface area contributed by atoms with Crippen molar-refractivity contribution in [2.75, 3.05) is 5.73 Å². The Kier molecular flexibility index (Phi) is 1.83. The molecule has 0 spiro atoms. The van der Waals surface area contributed by atoms with Crippen LogP contribution in [0.25, 0.3) is 17.2 Å². The summed E-state index contributed by atoms with van der Waals surface area (Å²) in [7, 11) is 0. The van der Waals surface area contributed by atoms with Crippen LogP contribution in [0.15, 0.2) is 42.6 Å². The van der Waals surface area contributed by atoms with Crippen molar-refractivity contribution in [2.45, 2.75) is 0 Å². The standard InChI is InChI=1S/C11H9N5/c12-9-5-3-6-10-14-15-11(16(9)10)8-4-1-2-7-13-8/h1-7H,12H2. The third-order valence-corrected chi connectivity index (χ3v) is 2.35. The van der Waals surface area contributed by atoms with Crippen molar-refractivity contribution in [2.24, 2.45) is 0 Å². The molecule has 0 saturated heterocycles. The lowest BCUT2D eigenvalue weighted by Crippen LogP contribution is -1.98. The number of nitrogens with two attached hydrogens (primary N) is 1. The number of aromatic nitrogens is 4. The number of fused-ring (bicyclic) bond motifs is 1. The SMILES string of the molecule is Nc1cccc2nnc(-c3ccccn3)n12. The maximum atomic E-state index is 5.89. The van der Waals surface area contributed by atoms with E-state index in [0.29, 0.717) is 11.6 Å². The van der Waals surface area contributed by atoms with Gasteiger partial charge in [-0.15, -0.1) is 10.2 Å². The van der Waals surface area contributed by atoms with Gasteiger partial charge in [0.15, 0.2) is 11.5 Å². The van der Waals surface area contributed by atoms with Gasteiger partial charge in [0.25, 0.3) is 0 Å². The van der Waals surface area contributed by atoms with Crippen LogP contribution >= 0.6 is 0 Å². The van der Waals surface area contributed by atoms with E-state index in [1.807, 2.05) is 36.4 Å². The van der Waals surface area contributed by atoms with Gasteiger partial charge in [-0.2, -0.15) is 0 Å². The predicted molar refractivity (Wildman–Crippen MR) is 60.6 cm³/mol. The fourth-order valence-electron chi connectivity index (χ4n) is 1.63. The summed E-state index contributed by atoms with van der Waals surface area (Å²) in [5.74, 6) is 1.26. The molecular formula is C11H9N5. The molecule has 0 aliphatic rings. The third kappa shape index (κ3) is 1.22. The second kappa shape index (κ2) is 3.30. The van der Waals surface area contributed by atoms with Gasteiger partial charge >= 0.3 is 0 Å². The van der Waals surface area contributed by atoms with Crippen LogP contribution in [0, 0.1) is 0 Å². The van der Waals surface area contributed by atoms with Gasteiger partial charge in [0.2, 0.25) is 0 Å². The van der Waals surface area contributed by atoms with Crippen LogP contribution in [0.2, 0.25) is 0 Å². The Morgan fingerprint density at radius 2 is 1.94 bits per heavy atom. The van der Waals surface area contributed by atoms with Crippen molar-refractivity contribution in [3.63, 3.8) is 0 Å². The van der Waals surface area contributed by atoms with Crippen LogP contribution in [-0.4, -0.2) is 19.6 Å². The minimum absolute atomic E-state index is 0.600. The Labute approximate surface area is 91.6 Å². The number of anilines is 1. The Morgan fingerprint density at radius 3 is 2.75 bits per heavy atom. The minimum Gasteiger partial charge on any atom is -0.385 e. The molecular weight excluding hydrogens is 202 g/mol. The zero-order chi connectivity index (χ0) is 11.0. The predicted octanol–water partition coefficient (Wildman–Crippen LogP) is 1.37. The lowest BCUT2D eigenvalue weighted by atomic mass is 10.3. The van der Waals surface area contributed by atoms with E-state index in [1.165, 1.54) is 0 Å². The molecule has 16 heavy (non-hydrogen) atoms. The number of rotatable bonds is 1. The quantitative estimate of drug-likeness (QED) is 0.660. The summed E-state index contributed by atoms with van der Waals surface area (Å²) >= 11 is 0. The highest BCUT2D eigenvalue weighted by atomic mass is 15.3. The average Bonchev–Trinajstić information content (AvgIpc) is 2.75. The highest BCUT2D eigenvalue weighted by Crippen LogP contribution is 2.18. The normalized spacial score (nSPS) is 10.8. The molecule has 5 heteroatoms. The molecule has 0 amide bonds. The summed E-state index contributed by atoms with van der Waals surface area (Å²) in [5.41, 5.74) is 7.37. The maximum absolute atomic E-state index is 5.89. The Bertz CT molecular complexity index is 629. The van der Waals surface area contributed by atoms with Crippen LogP contribution in [0.3, 0.4) is 0 Å². The molecule has 0 saturated carbocycles. The summed E-state index contributed by atoms with van der Waals surface area (Å²) in [4.78, 5) is 4.23. The van der Waals surface area contributed by atoms with Gasteiger partial charge in [0, 0.05) is 6.20 Å². The van der Waals surface area contributed by atoms with Gasteiger partial charge in [-0.05, 0) is 24.3 Å². The number of nitrogen functional groups attached to an aromatic ring is 1. The van der Waals surface area contributed by atoms with E-state index in [0.717, 1.165) is 11.3 Å². The van der Waals surface area contributed by atoms with Crippen molar-refractivity contribution >= 4 is 11.5 Å². The smallest absolute Gasteiger partial charge is 0.188 e. The highest BCUT2D eigenvalue weighted by Gasteiger charge is 2.09. The van der Waals surface area contributed by atoms with Crippen LogP contribution in [0.4, 0.5) is 5.82 Å². The molecule has 5 nitrogen and oxygen atoms in total. The van der Waals surface area contributed by atoms with E-state index in [4.69, 9.17) is 5.73 Å². The molecule has 3 aromatic heterocycles. The minimum atomic E-state index is 0.600. The summed E-state index contributed by atoms with van der Waals surface area (Å²) in [5, 5.41) is 8.15. The first-order chi connectivity index (χ1) is 7.86. The van der Waals surface area contributed by atoms with Gasteiger partial charge in [-0.3, -0.25) is 9.38 Å². The summed E-state index contributed by atoms with van der Waals surface area (Å²) in [6, 6.07) is 11.2. The Hall–Kier alpha value is -2.43. The van der Waals surface area contributed by atoms with Gasteiger partial charge in [-0.25, -0.2) is 0 Å². The topological polar surface area (TPSA) is 69.1 Å². The lowest BCUT2D eigenvalue weighted by Gasteiger charge is -2.01. The second-order valence-electron chi connectivity index (χ2n) is 3.38. The summed E-state index contributed by atoms with van der Waals surface area (Å²) < 4.78 is 1.78. The molecule has 3 aromatic rings. The fourth-order valence-corrected chi connectivity index (χ4v) is 1.63. The molecule has 2 N–H and O–H groups in total.